The van der Waals surface area contributed by atoms with Crippen molar-refractivity contribution in [2.75, 3.05) is 13.2 Å². The Hall–Kier alpha value is -0.440. The molecule has 0 saturated carbocycles. The standard InChI is InChI=1S/C6H8O6S2/c7-13(8)5-1-3-11-14(9,10)6(5)2-4-12-13/h1-4H2. The van der Waals surface area contributed by atoms with Crippen molar-refractivity contribution in [2.24, 2.45) is 0 Å². The predicted octanol–water partition coefficient (Wildman–Crippen LogP) is -0.302. The lowest BCUT2D eigenvalue weighted by Crippen LogP contribution is -2.28. The van der Waals surface area contributed by atoms with Crippen LogP contribution in [0, 0.1) is 0 Å². The highest BCUT2D eigenvalue weighted by Crippen LogP contribution is 2.33. The first kappa shape index (κ1) is 10.1. The van der Waals surface area contributed by atoms with Crippen molar-refractivity contribution in [1.82, 2.24) is 0 Å². The van der Waals surface area contributed by atoms with Gasteiger partial charge in [-0.25, -0.2) is 0 Å². The lowest BCUT2D eigenvalue weighted by molar-refractivity contribution is 0.289. The van der Waals surface area contributed by atoms with Crippen molar-refractivity contribution in [3.05, 3.63) is 9.81 Å². The van der Waals surface area contributed by atoms with Crippen molar-refractivity contribution in [2.45, 2.75) is 12.8 Å². The maximum Gasteiger partial charge on any atom is 0.294 e. The van der Waals surface area contributed by atoms with Gasteiger partial charge in [-0.2, -0.15) is 16.8 Å². The Morgan fingerprint density at radius 3 is 1.50 bits per heavy atom. The molecule has 0 amide bonds. The third kappa shape index (κ3) is 1.48. The lowest BCUT2D eigenvalue weighted by Gasteiger charge is -2.23. The summed E-state index contributed by atoms with van der Waals surface area (Å²) >= 11 is 0. The Balaban J connectivity index is 2.67. The highest BCUT2D eigenvalue weighted by atomic mass is 32.2. The van der Waals surface area contributed by atoms with Gasteiger partial charge in [-0.05, 0) is 0 Å². The maximum absolute atomic E-state index is 11.3. The molecule has 0 spiro atoms. The molecule has 0 radical (unpaired) electrons. The van der Waals surface area contributed by atoms with E-state index in [2.05, 4.69) is 8.37 Å². The normalized spacial score (nSPS) is 29.7. The molecule has 2 heterocycles. The molecule has 80 valence electrons. The van der Waals surface area contributed by atoms with Crippen LogP contribution in [0.25, 0.3) is 0 Å². The van der Waals surface area contributed by atoms with Gasteiger partial charge in [-0.3, -0.25) is 8.37 Å². The van der Waals surface area contributed by atoms with Crippen LogP contribution in [-0.2, 0) is 28.6 Å². The zero-order valence-corrected chi connectivity index (χ0v) is 8.73. The van der Waals surface area contributed by atoms with E-state index in [1.54, 1.807) is 0 Å². The summed E-state index contributed by atoms with van der Waals surface area (Å²) in [5.41, 5.74) is 0. The number of hydrogen-bond donors (Lipinski definition) is 0. The van der Waals surface area contributed by atoms with Crippen LogP contribution < -0.4 is 0 Å². The Labute approximate surface area is 81.8 Å². The topological polar surface area (TPSA) is 86.7 Å². The Bertz CT molecular complexity index is 436. The molecule has 0 aliphatic carbocycles. The van der Waals surface area contributed by atoms with E-state index in [1.807, 2.05) is 0 Å². The van der Waals surface area contributed by atoms with Gasteiger partial charge in [0.05, 0.1) is 23.0 Å². The van der Waals surface area contributed by atoms with Gasteiger partial charge in [-0.15, -0.1) is 0 Å². The average Bonchev–Trinajstić information content (AvgIpc) is 2.05. The molecular formula is C6H8O6S2. The van der Waals surface area contributed by atoms with Crippen LogP contribution in [0.3, 0.4) is 0 Å². The minimum atomic E-state index is -3.83. The van der Waals surface area contributed by atoms with Crippen LogP contribution in [-0.4, -0.2) is 30.0 Å². The SMILES string of the molecule is O=S1(=O)OCCC2=C1CCOS2(=O)=O. The molecule has 0 fully saturated rings. The highest BCUT2D eigenvalue weighted by molar-refractivity contribution is 7.94. The fraction of sp³-hybridized carbons (Fsp3) is 0.667. The van der Waals surface area contributed by atoms with Crippen molar-refractivity contribution < 1.29 is 25.2 Å². The summed E-state index contributed by atoms with van der Waals surface area (Å²) in [6.07, 6.45) is 0.133. The fourth-order valence-corrected chi connectivity index (χ4v) is 4.37. The van der Waals surface area contributed by atoms with Gasteiger partial charge in [0.15, 0.2) is 0 Å². The molecule has 0 unspecified atom stereocenters. The summed E-state index contributed by atoms with van der Waals surface area (Å²) in [6.45, 7) is -0.270. The van der Waals surface area contributed by atoms with Crippen molar-refractivity contribution in [3.63, 3.8) is 0 Å². The van der Waals surface area contributed by atoms with Crippen molar-refractivity contribution in [1.29, 1.82) is 0 Å². The summed E-state index contributed by atoms with van der Waals surface area (Å²) in [5, 5.41) is 0. The van der Waals surface area contributed by atoms with Gasteiger partial charge in [0.2, 0.25) is 0 Å². The fourth-order valence-electron chi connectivity index (χ4n) is 1.44. The first-order valence-electron chi connectivity index (χ1n) is 3.94. The lowest BCUT2D eigenvalue weighted by atomic mass is 10.3. The zero-order valence-electron chi connectivity index (χ0n) is 7.09. The van der Waals surface area contributed by atoms with Crippen LogP contribution in [0.15, 0.2) is 9.81 Å². The van der Waals surface area contributed by atoms with Crippen LogP contribution in [0.5, 0.6) is 0 Å². The van der Waals surface area contributed by atoms with Gasteiger partial charge in [0.1, 0.15) is 0 Å². The second kappa shape index (κ2) is 3.02. The molecule has 0 bridgehead atoms. The van der Waals surface area contributed by atoms with Gasteiger partial charge >= 0.3 is 0 Å². The van der Waals surface area contributed by atoms with E-state index in [4.69, 9.17) is 0 Å². The Morgan fingerprint density at radius 1 is 0.786 bits per heavy atom. The predicted molar refractivity (Wildman–Crippen MR) is 46.0 cm³/mol. The molecule has 8 heteroatoms. The van der Waals surface area contributed by atoms with E-state index in [-0.39, 0.29) is 35.9 Å². The van der Waals surface area contributed by atoms with E-state index in [1.165, 1.54) is 0 Å². The van der Waals surface area contributed by atoms with E-state index >= 15 is 0 Å². The molecule has 0 aromatic heterocycles. The van der Waals surface area contributed by atoms with E-state index < -0.39 is 20.2 Å². The Morgan fingerprint density at radius 2 is 1.14 bits per heavy atom. The first-order chi connectivity index (χ1) is 6.43. The third-order valence-electron chi connectivity index (χ3n) is 2.05. The number of hydrogen-bond acceptors (Lipinski definition) is 6. The molecule has 0 atom stereocenters. The average molecular weight is 240 g/mol. The van der Waals surface area contributed by atoms with Gasteiger partial charge in [0.25, 0.3) is 20.2 Å². The summed E-state index contributed by atoms with van der Waals surface area (Å²) in [4.78, 5) is -0.287. The first-order valence-corrected chi connectivity index (χ1v) is 6.76. The van der Waals surface area contributed by atoms with Crippen LogP contribution in [0.4, 0.5) is 0 Å². The molecule has 0 saturated heterocycles. The molecule has 2 aliphatic heterocycles. The molecular weight excluding hydrogens is 232 g/mol. The molecule has 2 rings (SSSR count). The van der Waals surface area contributed by atoms with Crippen molar-refractivity contribution in [3.8, 4) is 0 Å². The maximum atomic E-state index is 11.3. The van der Waals surface area contributed by atoms with E-state index in [9.17, 15) is 16.8 Å². The second-order valence-corrected chi connectivity index (χ2v) is 6.17. The molecule has 0 aromatic carbocycles. The van der Waals surface area contributed by atoms with Gasteiger partial charge in [-0.1, -0.05) is 0 Å². The third-order valence-corrected chi connectivity index (χ3v) is 5.24. The monoisotopic (exact) mass is 240 g/mol. The number of rotatable bonds is 0. The minimum absolute atomic E-state index is 0.0664. The van der Waals surface area contributed by atoms with E-state index in [0.717, 1.165) is 0 Å². The Kier molecular flexibility index (Phi) is 2.18. The summed E-state index contributed by atoms with van der Waals surface area (Å²) < 4.78 is 54.3. The van der Waals surface area contributed by atoms with Crippen molar-refractivity contribution >= 4 is 20.2 Å². The summed E-state index contributed by atoms with van der Waals surface area (Å²) in [7, 11) is -7.67. The molecule has 14 heavy (non-hydrogen) atoms. The van der Waals surface area contributed by atoms with Gasteiger partial charge in [0, 0.05) is 12.8 Å². The summed E-state index contributed by atoms with van der Waals surface area (Å²) in [5.74, 6) is 0. The summed E-state index contributed by atoms with van der Waals surface area (Å²) in [6, 6.07) is 0. The van der Waals surface area contributed by atoms with Crippen LogP contribution in [0.1, 0.15) is 12.8 Å². The molecule has 6 nitrogen and oxygen atoms in total. The van der Waals surface area contributed by atoms with E-state index in [0.29, 0.717) is 0 Å². The quantitative estimate of drug-likeness (QED) is 0.540. The van der Waals surface area contributed by atoms with Crippen LogP contribution in [0.2, 0.25) is 0 Å². The minimum Gasteiger partial charge on any atom is -0.266 e. The molecule has 0 N–H and O–H groups in total. The van der Waals surface area contributed by atoms with Gasteiger partial charge < -0.3 is 0 Å². The molecule has 0 aromatic rings. The second-order valence-electron chi connectivity index (χ2n) is 2.90. The highest BCUT2D eigenvalue weighted by Gasteiger charge is 2.37. The molecule has 2 aliphatic rings. The zero-order chi connectivity index (χ0) is 10.4. The largest absolute Gasteiger partial charge is 0.294 e. The van der Waals surface area contributed by atoms with Crippen LogP contribution >= 0.6 is 0 Å². The smallest absolute Gasteiger partial charge is 0.266 e.